The van der Waals surface area contributed by atoms with Crippen molar-refractivity contribution < 1.29 is 9.18 Å². The molecule has 4 rings (SSSR count). The van der Waals surface area contributed by atoms with Crippen molar-refractivity contribution in [2.24, 2.45) is 0 Å². The molecule has 1 atom stereocenters. The Morgan fingerprint density at radius 2 is 2.00 bits per heavy atom. The summed E-state index contributed by atoms with van der Waals surface area (Å²) in [6, 6.07) is 13.1. The molecule has 1 heterocycles. The van der Waals surface area contributed by atoms with Crippen molar-refractivity contribution in [3.63, 3.8) is 0 Å². The van der Waals surface area contributed by atoms with Crippen molar-refractivity contribution in [1.82, 2.24) is 4.90 Å². The van der Waals surface area contributed by atoms with Crippen LogP contribution in [0.1, 0.15) is 42.4 Å². The smallest absolute Gasteiger partial charge is 0.221 e. The van der Waals surface area contributed by atoms with Gasteiger partial charge in [-0.3, -0.25) is 9.69 Å². The molecule has 2 aromatic carbocycles. The van der Waals surface area contributed by atoms with Crippen molar-refractivity contribution in [2.75, 3.05) is 25.0 Å². The van der Waals surface area contributed by atoms with Crippen LogP contribution in [0.25, 0.3) is 5.57 Å². The molecule has 0 bridgehead atoms. The molecular formula is C23H25FN2O. The molecule has 1 unspecified atom stereocenters. The highest BCUT2D eigenvalue weighted by Crippen LogP contribution is 2.36. The predicted octanol–water partition coefficient (Wildman–Crippen LogP) is 4.60. The van der Waals surface area contributed by atoms with Gasteiger partial charge in [-0.25, -0.2) is 4.39 Å². The molecule has 0 saturated heterocycles. The first-order valence-electron chi connectivity index (χ1n) is 9.66. The summed E-state index contributed by atoms with van der Waals surface area (Å²) in [5.41, 5.74) is 6.13. The van der Waals surface area contributed by atoms with E-state index in [4.69, 9.17) is 0 Å². The third-order valence-corrected chi connectivity index (χ3v) is 5.66. The molecular weight excluding hydrogens is 339 g/mol. The van der Waals surface area contributed by atoms with Gasteiger partial charge in [0.1, 0.15) is 5.82 Å². The third-order valence-electron chi connectivity index (χ3n) is 5.66. The van der Waals surface area contributed by atoms with Crippen LogP contribution in [0.15, 0.2) is 48.5 Å². The molecule has 1 amide bonds. The van der Waals surface area contributed by atoms with Crippen LogP contribution in [0.5, 0.6) is 0 Å². The van der Waals surface area contributed by atoms with Crippen LogP contribution in [0, 0.1) is 5.82 Å². The fourth-order valence-electron chi connectivity index (χ4n) is 4.27. The maximum absolute atomic E-state index is 13.1. The summed E-state index contributed by atoms with van der Waals surface area (Å²) in [7, 11) is 0. The number of halogens is 1. The highest BCUT2D eigenvalue weighted by Gasteiger charge is 2.25. The van der Waals surface area contributed by atoms with E-state index in [1.54, 1.807) is 6.92 Å². The molecule has 0 aromatic heterocycles. The van der Waals surface area contributed by atoms with E-state index in [0.717, 1.165) is 43.7 Å². The molecule has 3 nitrogen and oxygen atoms in total. The maximum atomic E-state index is 13.1. The lowest BCUT2D eigenvalue weighted by Crippen LogP contribution is -2.32. The molecule has 0 radical (unpaired) electrons. The Bertz CT molecular complexity index is 872. The number of amides is 1. The number of hydrogen-bond acceptors (Lipinski definition) is 2. The van der Waals surface area contributed by atoms with Gasteiger partial charge in [0.15, 0.2) is 0 Å². The third kappa shape index (κ3) is 4.11. The van der Waals surface area contributed by atoms with Gasteiger partial charge < -0.3 is 5.32 Å². The Morgan fingerprint density at radius 3 is 2.70 bits per heavy atom. The van der Waals surface area contributed by atoms with E-state index in [9.17, 15) is 9.18 Å². The second kappa shape index (κ2) is 7.65. The number of nitrogens with zero attached hydrogens (tertiary/aromatic N) is 1. The second-order valence-electron chi connectivity index (χ2n) is 7.58. The molecule has 27 heavy (non-hydrogen) atoms. The first-order valence-corrected chi connectivity index (χ1v) is 9.66. The van der Waals surface area contributed by atoms with Gasteiger partial charge in [0.05, 0.1) is 0 Å². The molecule has 0 saturated carbocycles. The topological polar surface area (TPSA) is 32.3 Å². The quantitative estimate of drug-likeness (QED) is 0.860. The van der Waals surface area contributed by atoms with Crippen LogP contribution >= 0.6 is 0 Å². The summed E-state index contributed by atoms with van der Waals surface area (Å²) in [5.74, 6) is 0.309. The van der Waals surface area contributed by atoms with Crippen LogP contribution in [-0.2, 0) is 11.2 Å². The molecule has 1 aliphatic heterocycles. The Morgan fingerprint density at radius 1 is 1.19 bits per heavy atom. The van der Waals surface area contributed by atoms with Gasteiger partial charge in [-0.05, 0) is 71.7 Å². The minimum atomic E-state index is -0.185. The van der Waals surface area contributed by atoms with E-state index in [-0.39, 0.29) is 11.7 Å². The zero-order valence-electron chi connectivity index (χ0n) is 15.7. The van der Waals surface area contributed by atoms with E-state index in [0.29, 0.717) is 5.92 Å². The standard InChI is InChI=1S/C23H25FN2O/c1-16(27)25-22-9-6-19-2-3-20(23(19)14-22)15-26-12-10-18(11-13-26)17-4-7-21(24)8-5-17/h4-10,14,20H,2-3,11-13,15H2,1H3,(H,25,27). The first kappa shape index (κ1) is 17.9. The van der Waals surface area contributed by atoms with E-state index >= 15 is 0 Å². The fraction of sp³-hybridized carbons (Fsp3) is 0.348. The van der Waals surface area contributed by atoms with Gasteiger partial charge in [0.2, 0.25) is 5.91 Å². The van der Waals surface area contributed by atoms with E-state index in [1.807, 2.05) is 18.2 Å². The lowest BCUT2D eigenvalue weighted by molar-refractivity contribution is -0.114. The molecule has 2 aliphatic rings. The molecule has 4 heteroatoms. The molecule has 0 fully saturated rings. The number of carbonyl (C=O) groups is 1. The van der Waals surface area contributed by atoms with Crippen molar-refractivity contribution in [3.05, 3.63) is 71.0 Å². The molecule has 1 N–H and O–H groups in total. The minimum Gasteiger partial charge on any atom is -0.326 e. The van der Waals surface area contributed by atoms with Crippen molar-refractivity contribution in [1.29, 1.82) is 0 Å². The maximum Gasteiger partial charge on any atom is 0.221 e. The summed E-state index contributed by atoms with van der Waals surface area (Å²) >= 11 is 0. The number of carbonyl (C=O) groups excluding carboxylic acids is 1. The monoisotopic (exact) mass is 364 g/mol. The van der Waals surface area contributed by atoms with Crippen LogP contribution in [0.4, 0.5) is 10.1 Å². The number of anilines is 1. The number of benzene rings is 2. The molecule has 0 spiro atoms. The van der Waals surface area contributed by atoms with Gasteiger partial charge in [-0.2, -0.15) is 0 Å². The zero-order valence-corrected chi connectivity index (χ0v) is 15.7. The van der Waals surface area contributed by atoms with Gasteiger partial charge in [-0.1, -0.05) is 24.3 Å². The highest BCUT2D eigenvalue weighted by molar-refractivity contribution is 5.88. The van der Waals surface area contributed by atoms with Gasteiger partial charge in [0.25, 0.3) is 0 Å². The van der Waals surface area contributed by atoms with Gasteiger partial charge in [-0.15, -0.1) is 0 Å². The van der Waals surface area contributed by atoms with E-state index in [2.05, 4.69) is 28.4 Å². The van der Waals surface area contributed by atoms with Crippen LogP contribution in [-0.4, -0.2) is 30.4 Å². The Kier molecular flexibility index (Phi) is 5.08. The Balaban J connectivity index is 1.42. The average molecular weight is 364 g/mol. The van der Waals surface area contributed by atoms with Crippen molar-refractivity contribution in [3.8, 4) is 0 Å². The number of nitrogens with one attached hydrogen (secondary N) is 1. The van der Waals surface area contributed by atoms with Crippen LogP contribution in [0.3, 0.4) is 0 Å². The Hall–Kier alpha value is -2.46. The summed E-state index contributed by atoms with van der Waals surface area (Å²) in [6.45, 7) is 4.55. The zero-order chi connectivity index (χ0) is 18.8. The average Bonchev–Trinajstić information content (AvgIpc) is 3.05. The van der Waals surface area contributed by atoms with E-state index in [1.165, 1.54) is 35.3 Å². The highest BCUT2D eigenvalue weighted by atomic mass is 19.1. The van der Waals surface area contributed by atoms with Gasteiger partial charge >= 0.3 is 0 Å². The van der Waals surface area contributed by atoms with Crippen molar-refractivity contribution >= 4 is 17.2 Å². The summed E-state index contributed by atoms with van der Waals surface area (Å²) in [4.78, 5) is 13.8. The predicted molar refractivity (Wildman–Crippen MR) is 107 cm³/mol. The normalized spacial score (nSPS) is 19.5. The summed E-state index contributed by atoms with van der Waals surface area (Å²) in [6.07, 6.45) is 5.56. The number of aryl methyl sites for hydroxylation is 1. The molecule has 1 aliphatic carbocycles. The number of rotatable bonds is 4. The number of hydrogen-bond donors (Lipinski definition) is 1. The van der Waals surface area contributed by atoms with Crippen LogP contribution < -0.4 is 5.32 Å². The molecule has 2 aromatic rings. The Labute approximate surface area is 159 Å². The van der Waals surface area contributed by atoms with Crippen molar-refractivity contribution in [2.45, 2.75) is 32.1 Å². The number of fused-ring (bicyclic) bond motifs is 1. The lowest BCUT2D eigenvalue weighted by atomic mass is 9.96. The first-order chi connectivity index (χ1) is 13.1. The largest absolute Gasteiger partial charge is 0.326 e. The van der Waals surface area contributed by atoms with Gasteiger partial charge in [0, 0.05) is 32.2 Å². The van der Waals surface area contributed by atoms with Crippen LogP contribution in [0.2, 0.25) is 0 Å². The molecule has 140 valence electrons. The summed E-state index contributed by atoms with van der Waals surface area (Å²) in [5, 5.41) is 2.90. The second-order valence-corrected chi connectivity index (χ2v) is 7.58. The van der Waals surface area contributed by atoms with E-state index < -0.39 is 0 Å². The summed E-state index contributed by atoms with van der Waals surface area (Å²) < 4.78 is 13.1. The minimum absolute atomic E-state index is 0.0287. The fourth-order valence-corrected chi connectivity index (χ4v) is 4.27. The lowest BCUT2D eigenvalue weighted by Gasteiger charge is -2.29. The SMILES string of the molecule is CC(=O)Nc1ccc2c(c1)C(CN1CC=C(c3ccc(F)cc3)CC1)CC2.